The summed E-state index contributed by atoms with van der Waals surface area (Å²) in [6.07, 6.45) is 7.66. The van der Waals surface area contributed by atoms with E-state index in [0.29, 0.717) is 6.04 Å². The minimum atomic E-state index is 0.268. The molecule has 0 aromatic heterocycles. The maximum absolute atomic E-state index is 8.87. The van der Waals surface area contributed by atoms with Crippen molar-refractivity contribution in [2.45, 2.75) is 51.5 Å². The number of unbranched alkanes of at least 4 members (excludes halogenated alkanes) is 4. The number of hydrogen-bond donors (Lipinski definition) is 2. The highest BCUT2D eigenvalue weighted by molar-refractivity contribution is 4.61. The van der Waals surface area contributed by atoms with Crippen molar-refractivity contribution in [2.24, 2.45) is 0 Å². The van der Waals surface area contributed by atoms with Gasteiger partial charge in [0.15, 0.2) is 0 Å². The normalized spacial score (nSPS) is 13.2. The van der Waals surface area contributed by atoms with E-state index in [0.717, 1.165) is 6.42 Å². The van der Waals surface area contributed by atoms with Crippen LogP contribution in [0, 0.1) is 0 Å². The van der Waals surface area contributed by atoms with Gasteiger partial charge in [-0.05, 0) is 13.5 Å². The second-order valence-electron chi connectivity index (χ2n) is 3.37. The van der Waals surface area contributed by atoms with E-state index in [-0.39, 0.29) is 6.61 Å². The van der Waals surface area contributed by atoms with Gasteiger partial charge in [-0.15, -0.1) is 0 Å². The molecule has 12 heavy (non-hydrogen) atoms. The Morgan fingerprint density at radius 3 is 2.33 bits per heavy atom. The van der Waals surface area contributed by atoms with Gasteiger partial charge in [-0.3, -0.25) is 0 Å². The lowest BCUT2D eigenvalue weighted by molar-refractivity contribution is 0.239. The number of rotatable bonds is 8. The maximum atomic E-state index is 8.87. The minimum Gasteiger partial charge on any atom is -0.395 e. The highest BCUT2D eigenvalue weighted by atomic mass is 16.3. The standard InChI is InChI=1S/C10H23NO/c1-3-4-5-6-7-8-10(9-12)11-2/h10-12H,3-9H2,1-2H3. The quantitative estimate of drug-likeness (QED) is 0.550. The van der Waals surface area contributed by atoms with Gasteiger partial charge >= 0.3 is 0 Å². The summed E-state index contributed by atoms with van der Waals surface area (Å²) in [5.74, 6) is 0. The Bertz CT molecular complexity index is 81.9. The largest absolute Gasteiger partial charge is 0.395 e. The first-order chi connectivity index (χ1) is 5.85. The SMILES string of the molecule is CCCCCCCC(CO)NC. The van der Waals surface area contributed by atoms with Gasteiger partial charge < -0.3 is 10.4 Å². The fourth-order valence-electron chi connectivity index (χ4n) is 1.32. The Labute approximate surface area is 76.4 Å². The van der Waals surface area contributed by atoms with Crippen molar-refractivity contribution in [2.75, 3.05) is 13.7 Å². The van der Waals surface area contributed by atoms with Crippen molar-refractivity contribution in [3.05, 3.63) is 0 Å². The van der Waals surface area contributed by atoms with Gasteiger partial charge in [-0.2, -0.15) is 0 Å². The zero-order valence-electron chi connectivity index (χ0n) is 8.47. The second kappa shape index (κ2) is 9.01. The Hall–Kier alpha value is -0.0800. The lowest BCUT2D eigenvalue weighted by Crippen LogP contribution is -2.28. The molecule has 0 aliphatic rings. The molecule has 1 unspecified atom stereocenters. The van der Waals surface area contributed by atoms with Gasteiger partial charge in [0.2, 0.25) is 0 Å². The van der Waals surface area contributed by atoms with Crippen molar-refractivity contribution in [1.29, 1.82) is 0 Å². The van der Waals surface area contributed by atoms with Crippen molar-refractivity contribution in [3.63, 3.8) is 0 Å². The average Bonchev–Trinajstić information content (AvgIpc) is 2.11. The molecule has 0 aromatic carbocycles. The molecule has 0 saturated carbocycles. The molecule has 0 amide bonds. The molecule has 0 aliphatic heterocycles. The van der Waals surface area contributed by atoms with Crippen LogP contribution in [0.1, 0.15) is 45.4 Å². The first-order valence-electron chi connectivity index (χ1n) is 5.13. The Balaban J connectivity index is 3.06. The first kappa shape index (κ1) is 11.9. The summed E-state index contributed by atoms with van der Waals surface area (Å²) in [6.45, 7) is 2.49. The van der Waals surface area contributed by atoms with Crippen LogP contribution in [-0.4, -0.2) is 24.8 Å². The monoisotopic (exact) mass is 173 g/mol. The van der Waals surface area contributed by atoms with Crippen molar-refractivity contribution in [1.82, 2.24) is 5.32 Å². The Morgan fingerprint density at radius 2 is 1.83 bits per heavy atom. The van der Waals surface area contributed by atoms with Crippen LogP contribution >= 0.6 is 0 Å². The topological polar surface area (TPSA) is 32.3 Å². The van der Waals surface area contributed by atoms with Crippen LogP contribution in [0.4, 0.5) is 0 Å². The third-order valence-electron chi connectivity index (χ3n) is 2.28. The van der Waals surface area contributed by atoms with Gasteiger partial charge in [0.1, 0.15) is 0 Å². The third kappa shape index (κ3) is 6.62. The zero-order valence-corrected chi connectivity index (χ0v) is 8.47. The van der Waals surface area contributed by atoms with Gasteiger partial charge in [0.05, 0.1) is 6.61 Å². The molecule has 0 saturated heterocycles. The molecular weight excluding hydrogens is 150 g/mol. The summed E-state index contributed by atoms with van der Waals surface area (Å²) in [7, 11) is 1.91. The van der Waals surface area contributed by atoms with E-state index in [4.69, 9.17) is 5.11 Å². The van der Waals surface area contributed by atoms with Crippen molar-refractivity contribution in [3.8, 4) is 0 Å². The van der Waals surface area contributed by atoms with Crippen molar-refractivity contribution < 1.29 is 5.11 Å². The third-order valence-corrected chi connectivity index (χ3v) is 2.28. The molecule has 0 radical (unpaired) electrons. The second-order valence-corrected chi connectivity index (χ2v) is 3.37. The Morgan fingerprint density at radius 1 is 1.17 bits per heavy atom. The summed E-state index contributed by atoms with van der Waals surface area (Å²) in [6, 6.07) is 0.312. The average molecular weight is 173 g/mol. The molecule has 74 valence electrons. The molecule has 0 rings (SSSR count). The molecule has 2 nitrogen and oxygen atoms in total. The molecular formula is C10H23NO. The van der Waals surface area contributed by atoms with E-state index < -0.39 is 0 Å². The van der Waals surface area contributed by atoms with Gasteiger partial charge in [0.25, 0.3) is 0 Å². The number of hydrogen-bond acceptors (Lipinski definition) is 2. The van der Waals surface area contributed by atoms with Crippen LogP contribution in [0.2, 0.25) is 0 Å². The summed E-state index contributed by atoms with van der Waals surface area (Å²) >= 11 is 0. The molecule has 0 fully saturated rings. The van der Waals surface area contributed by atoms with E-state index in [9.17, 15) is 0 Å². The summed E-state index contributed by atoms with van der Waals surface area (Å²) in [4.78, 5) is 0. The van der Waals surface area contributed by atoms with E-state index in [2.05, 4.69) is 12.2 Å². The molecule has 0 aliphatic carbocycles. The summed E-state index contributed by atoms with van der Waals surface area (Å²) < 4.78 is 0. The highest BCUT2D eigenvalue weighted by Gasteiger charge is 2.01. The fourth-order valence-corrected chi connectivity index (χ4v) is 1.32. The molecule has 0 aromatic rings. The van der Waals surface area contributed by atoms with E-state index >= 15 is 0 Å². The zero-order chi connectivity index (χ0) is 9.23. The minimum absolute atomic E-state index is 0.268. The number of likely N-dealkylation sites (N-methyl/N-ethyl adjacent to an activating group) is 1. The van der Waals surface area contributed by atoms with Crippen LogP contribution in [0.3, 0.4) is 0 Å². The predicted octanol–water partition coefficient (Wildman–Crippen LogP) is 1.93. The predicted molar refractivity (Wildman–Crippen MR) is 53.3 cm³/mol. The van der Waals surface area contributed by atoms with E-state index in [1.54, 1.807) is 0 Å². The van der Waals surface area contributed by atoms with Crippen LogP contribution in [-0.2, 0) is 0 Å². The lowest BCUT2D eigenvalue weighted by Gasteiger charge is -2.11. The first-order valence-corrected chi connectivity index (χ1v) is 5.13. The number of aliphatic hydroxyl groups excluding tert-OH is 1. The molecule has 0 bridgehead atoms. The maximum Gasteiger partial charge on any atom is 0.0584 e. The van der Waals surface area contributed by atoms with Gasteiger partial charge in [-0.1, -0.05) is 39.0 Å². The van der Waals surface area contributed by atoms with Gasteiger partial charge in [-0.25, -0.2) is 0 Å². The van der Waals surface area contributed by atoms with Crippen molar-refractivity contribution >= 4 is 0 Å². The number of aliphatic hydroxyl groups is 1. The van der Waals surface area contributed by atoms with E-state index in [1.807, 2.05) is 7.05 Å². The number of nitrogens with one attached hydrogen (secondary N) is 1. The lowest BCUT2D eigenvalue weighted by atomic mass is 10.1. The summed E-state index contributed by atoms with van der Waals surface area (Å²) in [5, 5.41) is 12.0. The van der Waals surface area contributed by atoms with Crippen LogP contribution in [0.5, 0.6) is 0 Å². The fraction of sp³-hybridized carbons (Fsp3) is 1.00. The molecule has 2 N–H and O–H groups in total. The molecule has 0 heterocycles. The van der Waals surface area contributed by atoms with E-state index in [1.165, 1.54) is 32.1 Å². The molecule has 1 atom stereocenters. The smallest absolute Gasteiger partial charge is 0.0584 e. The van der Waals surface area contributed by atoms with Crippen LogP contribution < -0.4 is 5.32 Å². The van der Waals surface area contributed by atoms with Crippen LogP contribution in [0.25, 0.3) is 0 Å². The van der Waals surface area contributed by atoms with Gasteiger partial charge in [0, 0.05) is 6.04 Å². The molecule has 2 heteroatoms. The molecule has 0 spiro atoms. The summed E-state index contributed by atoms with van der Waals surface area (Å²) in [5.41, 5.74) is 0. The Kier molecular flexibility index (Phi) is 8.95. The van der Waals surface area contributed by atoms with Crippen LogP contribution in [0.15, 0.2) is 0 Å². The highest BCUT2D eigenvalue weighted by Crippen LogP contribution is 2.06.